The molecule has 0 radical (unpaired) electrons. The van der Waals surface area contributed by atoms with E-state index in [-0.39, 0.29) is 23.8 Å². The van der Waals surface area contributed by atoms with E-state index in [1.807, 2.05) is 0 Å². The molecular weight excluding hydrogens is 300 g/mol. The molecule has 0 N–H and O–H groups in total. The summed E-state index contributed by atoms with van der Waals surface area (Å²) in [6.07, 6.45) is 15.1. The first-order chi connectivity index (χ1) is 11.7. The Morgan fingerprint density at radius 2 is 1.33 bits per heavy atom. The van der Waals surface area contributed by atoms with Gasteiger partial charge in [0, 0.05) is 12.8 Å². The van der Waals surface area contributed by atoms with Gasteiger partial charge >= 0.3 is 11.9 Å². The predicted molar refractivity (Wildman–Crippen MR) is 97.2 cm³/mol. The minimum Gasteiger partial charge on any atom is -0.393 e. The summed E-state index contributed by atoms with van der Waals surface area (Å²) in [6.45, 7) is 4.03. The van der Waals surface area contributed by atoms with Crippen LogP contribution in [0.1, 0.15) is 97.3 Å². The van der Waals surface area contributed by atoms with E-state index in [1.165, 1.54) is 38.5 Å². The molecule has 0 amide bonds. The minimum atomic E-state index is -0.356. The second kappa shape index (κ2) is 13.0. The predicted octanol–water partition coefficient (Wildman–Crippen LogP) is 5.42. The van der Waals surface area contributed by atoms with Crippen LogP contribution in [0.15, 0.2) is 0 Å². The topological polar surface area (TPSA) is 43.4 Å². The first-order valence-electron chi connectivity index (χ1n) is 9.88. The molecule has 0 unspecified atom stereocenters. The highest BCUT2D eigenvalue weighted by atomic mass is 16.6. The monoisotopic (exact) mass is 334 g/mol. The molecule has 2 atom stereocenters. The SMILES string of the molecule is CCCCCCCCC#CCCCCCC[C@H]1C(=O)OC(=O)[C@H]1C. The van der Waals surface area contributed by atoms with Crippen LogP contribution in [0.5, 0.6) is 0 Å². The zero-order chi connectivity index (χ0) is 17.6. The molecule has 0 aromatic heterocycles. The van der Waals surface area contributed by atoms with Gasteiger partial charge in [-0.3, -0.25) is 9.59 Å². The van der Waals surface area contributed by atoms with Crippen LogP contribution >= 0.6 is 0 Å². The van der Waals surface area contributed by atoms with E-state index in [2.05, 4.69) is 23.5 Å². The first-order valence-corrected chi connectivity index (χ1v) is 9.88. The standard InChI is InChI=1S/C21H34O3/c1-3-4-5-6-7-8-9-10-11-12-13-14-15-16-17-19-18(2)20(22)24-21(19)23/h18-19H,3-9,12-17H2,1-2H3/t18-,19+/m0/s1. The number of cyclic esters (lactones) is 2. The summed E-state index contributed by atoms with van der Waals surface area (Å²) in [5.74, 6) is 5.40. The summed E-state index contributed by atoms with van der Waals surface area (Å²) in [5, 5.41) is 0. The number of esters is 2. The van der Waals surface area contributed by atoms with E-state index in [9.17, 15) is 9.59 Å². The Labute approximate surface area is 147 Å². The molecule has 1 aliphatic heterocycles. The number of carbonyl (C=O) groups is 2. The quantitative estimate of drug-likeness (QED) is 0.207. The lowest BCUT2D eigenvalue weighted by atomic mass is 9.91. The van der Waals surface area contributed by atoms with E-state index in [0.717, 1.165) is 44.9 Å². The van der Waals surface area contributed by atoms with Gasteiger partial charge in [0.25, 0.3) is 0 Å². The van der Waals surface area contributed by atoms with Crippen molar-refractivity contribution >= 4 is 11.9 Å². The summed E-state index contributed by atoms with van der Waals surface area (Å²) in [6, 6.07) is 0. The molecule has 0 aromatic carbocycles. The van der Waals surface area contributed by atoms with Crippen LogP contribution in [0.3, 0.4) is 0 Å². The van der Waals surface area contributed by atoms with Crippen LogP contribution in [0, 0.1) is 23.7 Å². The Bertz CT molecular complexity index is 430. The normalized spacial score (nSPS) is 19.9. The summed E-state index contributed by atoms with van der Waals surface area (Å²) in [4.78, 5) is 22.8. The molecule has 3 nitrogen and oxygen atoms in total. The highest BCUT2D eigenvalue weighted by Gasteiger charge is 2.40. The summed E-state index contributed by atoms with van der Waals surface area (Å²) in [5.41, 5.74) is 0. The Morgan fingerprint density at radius 1 is 0.792 bits per heavy atom. The van der Waals surface area contributed by atoms with Crippen molar-refractivity contribution in [3.8, 4) is 11.8 Å². The average Bonchev–Trinajstić information content (AvgIpc) is 2.81. The molecule has 3 heteroatoms. The fourth-order valence-corrected chi connectivity index (χ4v) is 3.11. The van der Waals surface area contributed by atoms with Gasteiger partial charge in [0.15, 0.2) is 0 Å². The lowest BCUT2D eigenvalue weighted by Crippen LogP contribution is -2.14. The van der Waals surface area contributed by atoms with E-state index in [0.29, 0.717) is 0 Å². The zero-order valence-electron chi connectivity index (χ0n) is 15.6. The van der Waals surface area contributed by atoms with Gasteiger partial charge in [0.2, 0.25) is 0 Å². The van der Waals surface area contributed by atoms with Crippen molar-refractivity contribution in [3.63, 3.8) is 0 Å². The smallest absolute Gasteiger partial charge is 0.317 e. The van der Waals surface area contributed by atoms with Crippen LogP contribution in [0.2, 0.25) is 0 Å². The number of hydrogen-bond donors (Lipinski definition) is 0. The van der Waals surface area contributed by atoms with Crippen molar-refractivity contribution in [3.05, 3.63) is 0 Å². The zero-order valence-corrected chi connectivity index (χ0v) is 15.6. The lowest BCUT2D eigenvalue weighted by molar-refractivity contribution is -0.153. The lowest BCUT2D eigenvalue weighted by Gasteiger charge is -2.08. The third-order valence-corrected chi connectivity index (χ3v) is 4.83. The molecule has 0 spiro atoms. The molecule has 1 fully saturated rings. The van der Waals surface area contributed by atoms with Crippen molar-refractivity contribution in [2.24, 2.45) is 11.8 Å². The molecule has 1 rings (SSSR count). The molecule has 0 aromatic rings. The van der Waals surface area contributed by atoms with Crippen LogP contribution in [0.25, 0.3) is 0 Å². The van der Waals surface area contributed by atoms with Gasteiger partial charge in [-0.1, -0.05) is 65.2 Å². The van der Waals surface area contributed by atoms with Gasteiger partial charge in [0.1, 0.15) is 0 Å². The second-order valence-electron chi connectivity index (χ2n) is 6.96. The molecule has 1 heterocycles. The van der Waals surface area contributed by atoms with Gasteiger partial charge in [-0.05, 0) is 19.3 Å². The Kier molecular flexibility index (Phi) is 11.3. The number of carbonyl (C=O) groups excluding carboxylic acids is 2. The van der Waals surface area contributed by atoms with Gasteiger partial charge in [-0.2, -0.15) is 0 Å². The average molecular weight is 335 g/mol. The van der Waals surface area contributed by atoms with E-state index in [4.69, 9.17) is 0 Å². The number of ether oxygens (including phenoxy) is 1. The Morgan fingerprint density at radius 3 is 1.88 bits per heavy atom. The van der Waals surface area contributed by atoms with Crippen molar-refractivity contribution in [1.82, 2.24) is 0 Å². The van der Waals surface area contributed by atoms with Crippen LogP contribution < -0.4 is 0 Å². The Hall–Kier alpha value is -1.30. The maximum atomic E-state index is 11.5. The third kappa shape index (κ3) is 8.52. The van der Waals surface area contributed by atoms with Gasteiger partial charge in [-0.15, -0.1) is 11.8 Å². The molecule has 24 heavy (non-hydrogen) atoms. The van der Waals surface area contributed by atoms with Gasteiger partial charge < -0.3 is 4.74 Å². The van der Waals surface area contributed by atoms with E-state index < -0.39 is 0 Å². The first kappa shape index (κ1) is 20.7. The van der Waals surface area contributed by atoms with Crippen molar-refractivity contribution in [2.45, 2.75) is 97.3 Å². The molecule has 0 aliphatic carbocycles. The number of hydrogen-bond acceptors (Lipinski definition) is 3. The number of unbranched alkanes of at least 4 members (excludes halogenated alkanes) is 10. The van der Waals surface area contributed by atoms with E-state index in [1.54, 1.807) is 6.92 Å². The highest BCUT2D eigenvalue weighted by molar-refractivity contribution is 5.96. The molecule has 0 bridgehead atoms. The third-order valence-electron chi connectivity index (χ3n) is 4.83. The fraction of sp³-hybridized carbons (Fsp3) is 0.810. The molecular formula is C21H34O3. The molecule has 0 saturated carbocycles. The Balaban J connectivity index is 1.90. The van der Waals surface area contributed by atoms with Crippen molar-refractivity contribution in [1.29, 1.82) is 0 Å². The van der Waals surface area contributed by atoms with Crippen LogP contribution in [-0.2, 0) is 14.3 Å². The maximum absolute atomic E-state index is 11.5. The summed E-state index contributed by atoms with van der Waals surface area (Å²) < 4.78 is 4.66. The molecule has 136 valence electrons. The highest BCUT2D eigenvalue weighted by Crippen LogP contribution is 2.28. The second-order valence-corrected chi connectivity index (χ2v) is 6.96. The summed E-state index contributed by atoms with van der Waals surface area (Å²) >= 11 is 0. The van der Waals surface area contributed by atoms with Crippen LogP contribution in [-0.4, -0.2) is 11.9 Å². The van der Waals surface area contributed by atoms with Crippen LogP contribution in [0.4, 0.5) is 0 Å². The summed E-state index contributed by atoms with van der Waals surface area (Å²) in [7, 11) is 0. The molecule has 1 aliphatic rings. The van der Waals surface area contributed by atoms with Gasteiger partial charge in [0.05, 0.1) is 11.8 Å². The van der Waals surface area contributed by atoms with Gasteiger partial charge in [-0.25, -0.2) is 0 Å². The van der Waals surface area contributed by atoms with Crippen molar-refractivity contribution in [2.75, 3.05) is 0 Å². The van der Waals surface area contributed by atoms with E-state index >= 15 is 0 Å². The minimum absolute atomic E-state index is 0.213. The largest absolute Gasteiger partial charge is 0.393 e. The van der Waals surface area contributed by atoms with Crippen molar-refractivity contribution < 1.29 is 14.3 Å². The fourth-order valence-electron chi connectivity index (χ4n) is 3.11. The maximum Gasteiger partial charge on any atom is 0.317 e. The molecule has 1 saturated heterocycles. The number of rotatable bonds is 12.